The summed E-state index contributed by atoms with van der Waals surface area (Å²) in [7, 11) is 5.19. The van der Waals surface area contributed by atoms with E-state index in [-0.39, 0.29) is 16.5 Å². The molecule has 1 aliphatic heterocycles. The van der Waals surface area contributed by atoms with Crippen LogP contribution in [0.1, 0.15) is 24.3 Å². The molecule has 0 saturated carbocycles. The summed E-state index contributed by atoms with van der Waals surface area (Å²) in [6, 6.07) is 5.74. The Hall–Kier alpha value is -1.40. The summed E-state index contributed by atoms with van der Waals surface area (Å²) in [6.45, 7) is 3.51. The number of amides is 1. The van der Waals surface area contributed by atoms with E-state index in [2.05, 4.69) is 12.2 Å². The maximum atomic E-state index is 12.6. The Morgan fingerprint density at radius 2 is 2.09 bits per heavy atom. The van der Waals surface area contributed by atoms with Gasteiger partial charge in [0.05, 0.1) is 19.5 Å². The first kappa shape index (κ1) is 17.0. The number of carbonyl (C=O) groups is 1. The van der Waals surface area contributed by atoms with Gasteiger partial charge in [-0.15, -0.1) is 11.8 Å². The molecule has 1 saturated heterocycles. The number of rotatable bonds is 7. The first-order chi connectivity index (χ1) is 10.7. The van der Waals surface area contributed by atoms with Crippen LogP contribution in [0.2, 0.25) is 0 Å². The Balaban J connectivity index is 2.37. The number of likely N-dealkylation sites (N-methyl/N-ethyl adjacent to an activating group) is 1. The van der Waals surface area contributed by atoms with Gasteiger partial charge in [-0.3, -0.25) is 4.79 Å². The highest BCUT2D eigenvalue weighted by molar-refractivity contribution is 8.01. The van der Waals surface area contributed by atoms with E-state index in [1.165, 1.54) is 0 Å². The van der Waals surface area contributed by atoms with Crippen molar-refractivity contribution >= 4 is 17.7 Å². The minimum Gasteiger partial charge on any atom is -0.497 e. The number of hydrogen-bond acceptors (Lipinski definition) is 5. The van der Waals surface area contributed by atoms with Gasteiger partial charge in [0.25, 0.3) is 0 Å². The molecule has 2 rings (SSSR count). The van der Waals surface area contributed by atoms with Crippen LogP contribution in [-0.2, 0) is 4.79 Å². The molecule has 1 aliphatic rings. The zero-order valence-electron chi connectivity index (χ0n) is 13.6. The zero-order chi connectivity index (χ0) is 16.1. The third kappa shape index (κ3) is 3.33. The molecule has 5 nitrogen and oxygen atoms in total. The van der Waals surface area contributed by atoms with Crippen LogP contribution < -0.4 is 14.8 Å². The second kappa shape index (κ2) is 7.74. The third-order valence-corrected chi connectivity index (χ3v) is 5.44. The molecule has 0 aromatic heterocycles. The van der Waals surface area contributed by atoms with Gasteiger partial charge in [0.2, 0.25) is 5.91 Å². The van der Waals surface area contributed by atoms with Gasteiger partial charge in [0.15, 0.2) is 0 Å². The largest absolute Gasteiger partial charge is 0.497 e. The number of carbonyl (C=O) groups excluding carboxylic acids is 1. The van der Waals surface area contributed by atoms with Crippen molar-refractivity contribution in [2.45, 2.75) is 24.0 Å². The highest BCUT2D eigenvalue weighted by Crippen LogP contribution is 2.47. The summed E-state index contributed by atoms with van der Waals surface area (Å²) in [5.74, 6) is 1.77. The quantitative estimate of drug-likeness (QED) is 0.834. The van der Waals surface area contributed by atoms with Crippen molar-refractivity contribution in [2.75, 3.05) is 34.4 Å². The molecule has 1 heterocycles. The van der Waals surface area contributed by atoms with Crippen molar-refractivity contribution in [3.63, 3.8) is 0 Å². The fourth-order valence-electron chi connectivity index (χ4n) is 2.59. The molecule has 122 valence electrons. The lowest BCUT2D eigenvalue weighted by atomic mass is 10.1. The Morgan fingerprint density at radius 1 is 1.32 bits per heavy atom. The Morgan fingerprint density at radius 3 is 2.68 bits per heavy atom. The van der Waals surface area contributed by atoms with Gasteiger partial charge in [-0.25, -0.2) is 0 Å². The maximum Gasteiger partial charge on any atom is 0.236 e. The van der Waals surface area contributed by atoms with E-state index < -0.39 is 0 Å². The van der Waals surface area contributed by atoms with E-state index in [0.717, 1.165) is 30.0 Å². The number of benzene rings is 1. The highest BCUT2D eigenvalue weighted by Gasteiger charge is 2.40. The molecule has 0 bridgehead atoms. The number of methoxy groups -OCH3 is 2. The molecule has 1 N–H and O–H groups in total. The predicted octanol–water partition coefficient (Wildman–Crippen LogP) is 2.28. The van der Waals surface area contributed by atoms with E-state index in [1.807, 2.05) is 30.1 Å². The van der Waals surface area contributed by atoms with Gasteiger partial charge in [-0.05, 0) is 31.7 Å². The molecule has 0 radical (unpaired) electrons. The van der Waals surface area contributed by atoms with Gasteiger partial charge in [0.1, 0.15) is 16.9 Å². The zero-order valence-corrected chi connectivity index (χ0v) is 14.4. The maximum absolute atomic E-state index is 12.6. The lowest BCUT2D eigenvalue weighted by Gasteiger charge is -2.25. The van der Waals surface area contributed by atoms with Crippen LogP contribution in [-0.4, -0.2) is 50.4 Å². The summed E-state index contributed by atoms with van der Waals surface area (Å²) < 4.78 is 10.8. The molecule has 0 aliphatic carbocycles. The highest BCUT2D eigenvalue weighted by atomic mass is 32.2. The van der Waals surface area contributed by atoms with Crippen LogP contribution in [0.5, 0.6) is 11.5 Å². The smallest absolute Gasteiger partial charge is 0.236 e. The number of hydrogen-bond donors (Lipinski definition) is 1. The van der Waals surface area contributed by atoms with Crippen molar-refractivity contribution in [3.8, 4) is 11.5 Å². The second-order valence-corrected chi connectivity index (χ2v) is 6.42. The average Bonchev–Trinajstić information content (AvgIpc) is 2.88. The van der Waals surface area contributed by atoms with Gasteiger partial charge in [0, 0.05) is 18.7 Å². The summed E-state index contributed by atoms with van der Waals surface area (Å²) in [6.07, 6.45) is 0.836. The summed E-state index contributed by atoms with van der Waals surface area (Å²) in [5, 5.41) is 3.09. The van der Waals surface area contributed by atoms with Crippen molar-refractivity contribution in [1.82, 2.24) is 10.2 Å². The fourth-order valence-corrected chi connectivity index (χ4v) is 4.03. The van der Waals surface area contributed by atoms with Crippen LogP contribution in [0.4, 0.5) is 0 Å². The molecule has 6 heteroatoms. The number of ether oxygens (including phenoxy) is 2. The Bertz CT molecular complexity index is 524. The molecular weight excluding hydrogens is 300 g/mol. The number of nitrogens with one attached hydrogen (secondary N) is 1. The standard InChI is InChI=1S/C16H24N2O3S/c1-5-14-15(19)18(9-8-17-2)16(22-14)12-10-11(20-3)6-7-13(12)21-4/h6-7,10,14,16-17H,5,8-9H2,1-4H3. The third-order valence-electron chi connectivity index (χ3n) is 3.81. The predicted molar refractivity (Wildman–Crippen MR) is 89.6 cm³/mol. The fraction of sp³-hybridized carbons (Fsp3) is 0.562. The summed E-state index contributed by atoms with van der Waals surface area (Å²) >= 11 is 1.69. The molecule has 1 amide bonds. The monoisotopic (exact) mass is 324 g/mol. The van der Waals surface area contributed by atoms with Crippen LogP contribution in [0.15, 0.2) is 18.2 Å². The summed E-state index contributed by atoms with van der Waals surface area (Å²) in [5.41, 5.74) is 0.993. The second-order valence-electron chi connectivity index (χ2n) is 5.13. The molecule has 22 heavy (non-hydrogen) atoms. The van der Waals surface area contributed by atoms with Crippen LogP contribution >= 0.6 is 11.8 Å². The molecule has 2 atom stereocenters. The molecule has 1 aromatic rings. The van der Waals surface area contributed by atoms with Crippen molar-refractivity contribution in [2.24, 2.45) is 0 Å². The molecule has 1 fully saturated rings. The van der Waals surface area contributed by atoms with Gasteiger partial charge >= 0.3 is 0 Å². The normalized spacial score (nSPS) is 21.3. The van der Waals surface area contributed by atoms with E-state index in [4.69, 9.17) is 9.47 Å². The number of nitrogens with zero attached hydrogens (tertiary/aromatic N) is 1. The Kier molecular flexibility index (Phi) is 5.97. The average molecular weight is 324 g/mol. The number of thioether (sulfide) groups is 1. The van der Waals surface area contributed by atoms with Gasteiger partial charge in [-0.1, -0.05) is 6.92 Å². The lowest BCUT2D eigenvalue weighted by molar-refractivity contribution is -0.130. The van der Waals surface area contributed by atoms with Gasteiger partial charge in [-0.2, -0.15) is 0 Å². The van der Waals surface area contributed by atoms with Crippen LogP contribution in [0, 0.1) is 0 Å². The van der Waals surface area contributed by atoms with E-state index in [1.54, 1.807) is 26.0 Å². The van der Waals surface area contributed by atoms with E-state index >= 15 is 0 Å². The topological polar surface area (TPSA) is 50.8 Å². The first-order valence-electron chi connectivity index (χ1n) is 7.48. The van der Waals surface area contributed by atoms with Crippen LogP contribution in [0.3, 0.4) is 0 Å². The molecular formula is C16H24N2O3S. The minimum atomic E-state index is -0.0316. The SMILES string of the molecule is CCC1SC(c2cc(OC)ccc2OC)N(CCNC)C1=O. The molecule has 0 spiro atoms. The first-order valence-corrected chi connectivity index (χ1v) is 8.43. The van der Waals surface area contributed by atoms with Crippen molar-refractivity contribution in [3.05, 3.63) is 23.8 Å². The van der Waals surface area contributed by atoms with Crippen molar-refractivity contribution in [1.29, 1.82) is 0 Å². The van der Waals surface area contributed by atoms with E-state index in [0.29, 0.717) is 6.54 Å². The van der Waals surface area contributed by atoms with Crippen molar-refractivity contribution < 1.29 is 14.3 Å². The summed E-state index contributed by atoms with van der Waals surface area (Å²) in [4.78, 5) is 14.5. The molecule has 2 unspecified atom stereocenters. The van der Waals surface area contributed by atoms with E-state index in [9.17, 15) is 4.79 Å². The van der Waals surface area contributed by atoms with Gasteiger partial charge < -0.3 is 19.7 Å². The minimum absolute atomic E-state index is 0.0118. The Labute approximate surface area is 136 Å². The van der Waals surface area contributed by atoms with Crippen LogP contribution in [0.25, 0.3) is 0 Å². The molecule has 1 aromatic carbocycles. The lowest BCUT2D eigenvalue weighted by Crippen LogP contribution is -2.36.